The van der Waals surface area contributed by atoms with Gasteiger partial charge >= 0.3 is 6.03 Å². The van der Waals surface area contributed by atoms with Crippen LogP contribution in [-0.2, 0) is 0 Å². The highest BCUT2D eigenvalue weighted by Crippen LogP contribution is 2.32. The maximum Gasteiger partial charge on any atom is 0.320 e. The maximum atomic E-state index is 12.3. The zero-order valence-corrected chi connectivity index (χ0v) is 11.8. The average molecular weight is 259 g/mol. The van der Waals surface area contributed by atoms with Crippen LogP contribution in [0.25, 0.3) is 0 Å². The van der Waals surface area contributed by atoms with E-state index in [9.17, 15) is 4.79 Å². The molecule has 4 nitrogen and oxygen atoms in total. The highest BCUT2D eigenvalue weighted by molar-refractivity contribution is 5.78. The first-order chi connectivity index (χ1) is 9.08. The molecule has 1 aromatic rings. The van der Waals surface area contributed by atoms with Gasteiger partial charge in [0.2, 0.25) is 0 Å². The van der Waals surface area contributed by atoms with E-state index in [4.69, 9.17) is 0 Å². The predicted octanol–water partition coefficient (Wildman–Crippen LogP) is 1.68. The second kappa shape index (κ2) is 4.53. The van der Waals surface area contributed by atoms with Gasteiger partial charge in [0.15, 0.2) is 0 Å². The predicted molar refractivity (Wildman–Crippen MR) is 75.2 cm³/mol. The minimum Gasteiger partial charge on any atom is -0.319 e. The summed E-state index contributed by atoms with van der Waals surface area (Å²) < 4.78 is 0. The molecule has 1 atom stereocenters. The van der Waals surface area contributed by atoms with Crippen molar-refractivity contribution >= 4 is 6.03 Å². The van der Waals surface area contributed by atoms with E-state index >= 15 is 0 Å². The van der Waals surface area contributed by atoms with Crippen LogP contribution in [-0.4, -0.2) is 48.6 Å². The molecule has 0 bridgehead atoms. The molecule has 19 heavy (non-hydrogen) atoms. The number of rotatable bonds is 2. The molecule has 1 aromatic carbocycles. The van der Waals surface area contributed by atoms with Gasteiger partial charge in [0, 0.05) is 26.7 Å². The Labute approximate surface area is 114 Å². The van der Waals surface area contributed by atoms with Gasteiger partial charge in [0.1, 0.15) is 0 Å². The monoisotopic (exact) mass is 259 g/mol. The third-order valence-corrected chi connectivity index (χ3v) is 4.37. The van der Waals surface area contributed by atoms with Gasteiger partial charge in [-0.3, -0.25) is 0 Å². The van der Waals surface area contributed by atoms with E-state index in [0.29, 0.717) is 6.04 Å². The van der Waals surface area contributed by atoms with Gasteiger partial charge in [0.25, 0.3) is 0 Å². The molecule has 0 radical (unpaired) electrons. The molecule has 2 amide bonds. The van der Waals surface area contributed by atoms with Crippen molar-refractivity contribution in [2.45, 2.75) is 25.9 Å². The van der Waals surface area contributed by atoms with Crippen molar-refractivity contribution in [2.75, 3.05) is 26.7 Å². The maximum absolute atomic E-state index is 12.3. The van der Waals surface area contributed by atoms with Gasteiger partial charge in [-0.15, -0.1) is 0 Å². The lowest BCUT2D eigenvalue weighted by molar-refractivity contribution is 0.162. The van der Waals surface area contributed by atoms with E-state index in [1.807, 2.05) is 16.8 Å². The largest absolute Gasteiger partial charge is 0.320 e. The number of carbonyl (C=O) groups is 1. The van der Waals surface area contributed by atoms with Crippen LogP contribution < -0.4 is 5.32 Å². The lowest BCUT2D eigenvalue weighted by Gasteiger charge is -2.34. The van der Waals surface area contributed by atoms with Crippen LogP contribution in [0.1, 0.15) is 22.7 Å². The summed E-state index contributed by atoms with van der Waals surface area (Å²) in [5.41, 5.74) is 3.82. The van der Waals surface area contributed by atoms with Crippen LogP contribution in [0.2, 0.25) is 0 Å². The second-order valence-electron chi connectivity index (χ2n) is 5.73. The molecule has 3 rings (SSSR count). The number of hydrogen-bond acceptors (Lipinski definition) is 2. The van der Waals surface area contributed by atoms with Gasteiger partial charge in [0.05, 0.1) is 12.1 Å². The van der Waals surface area contributed by atoms with Gasteiger partial charge in [-0.05, 0) is 25.0 Å². The minimum atomic E-state index is 0.163. The summed E-state index contributed by atoms with van der Waals surface area (Å²) in [6, 6.07) is 7.23. The van der Waals surface area contributed by atoms with Crippen LogP contribution in [0, 0.1) is 13.8 Å². The van der Waals surface area contributed by atoms with Gasteiger partial charge < -0.3 is 15.1 Å². The summed E-state index contributed by atoms with van der Waals surface area (Å²) in [5.74, 6) is 0. The summed E-state index contributed by atoms with van der Waals surface area (Å²) in [5, 5.41) is 3.23. The summed E-state index contributed by atoms with van der Waals surface area (Å²) in [6.07, 6.45) is 0. The molecule has 1 N–H and O–H groups in total. The fourth-order valence-electron chi connectivity index (χ4n) is 3.03. The Kier molecular flexibility index (Phi) is 2.97. The van der Waals surface area contributed by atoms with Crippen molar-refractivity contribution in [1.29, 1.82) is 0 Å². The fraction of sp³-hybridized carbons (Fsp3) is 0.533. The van der Waals surface area contributed by atoms with Gasteiger partial charge in [-0.1, -0.05) is 23.8 Å². The Balaban J connectivity index is 1.86. The van der Waals surface area contributed by atoms with Crippen molar-refractivity contribution in [3.05, 3.63) is 34.9 Å². The van der Waals surface area contributed by atoms with E-state index in [1.165, 1.54) is 16.7 Å². The molecular formula is C15H21N3O. The molecule has 0 aliphatic carbocycles. The molecule has 2 saturated heterocycles. The van der Waals surface area contributed by atoms with E-state index in [-0.39, 0.29) is 12.1 Å². The first-order valence-corrected chi connectivity index (χ1v) is 6.89. The summed E-state index contributed by atoms with van der Waals surface area (Å²) >= 11 is 0. The Bertz CT molecular complexity index is 510. The standard InChI is InChI=1S/C15H21N3O/c1-10-4-5-13(11(2)6-10)14-9-18(12-7-16-8-12)15(19)17(14)3/h4-6,12,14,16H,7-9H2,1-3H3. The quantitative estimate of drug-likeness (QED) is 0.877. The number of carbonyl (C=O) groups excluding carboxylic acids is 1. The molecule has 0 aromatic heterocycles. The lowest BCUT2D eigenvalue weighted by atomic mass is 9.98. The highest BCUT2D eigenvalue weighted by Gasteiger charge is 2.41. The van der Waals surface area contributed by atoms with E-state index < -0.39 is 0 Å². The number of hydrogen-bond donors (Lipinski definition) is 1. The van der Waals surface area contributed by atoms with Crippen molar-refractivity contribution in [3.63, 3.8) is 0 Å². The number of likely N-dealkylation sites (N-methyl/N-ethyl adjacent to an activating group) is 1. The topological polar surface area (TPSA) is 35.6 Å². The molecule has 102 valence electrons. The average Bonchev–Trinajstić information content (AvgIpc) is 2.56. The molecule has 0 spiro atoms. The van der Waals surface area contributed by atoms with Crippen molar-refractivity contribution in [1.82, 2.24) is 15.1 Å². The number of amides is 2. The van der Waals surface area contributed by atoms with Crippen LogP contribution >= 0.6 is 0 Å². The van der Waals surface area contributed by atoms with Crippen molar-refractivity contribution < 1.29 is 4.79 Å². The zero-order valence-electron chi connectivity index (χ0n) is 11.8. The fourth-order valence-corrected chi connectivity index (χ4v) is 3.03. The zero-order chi connectivity index (χ0) is 13.6. The summed E-state index contributed by atoms with van der Waals surface area (Å²) in [7, 11) is 1.92. The van der Waals surface area contributed by atoms with Crippen molar-refractivity contribution in [2.24, 2.45) is 0 Å². The Morgan fingerprint density at radius 2 is 2.00 bits per heavy atom. The SMILES string of the molecule is Cc1ccc(C2CN(C3CNC3)C(=O)N2C)c(C)c1. The molecular weight excluding hydrogens is 238 g/mol. The normalized spacial score (nSPS) is 23.9. The van der Waals surface area contributed by atoms with Crippen LogP contribution in [0.3, 0.4) is 0 Å². The van der Waals surface area contributed by atoms with Crippen molar-refractivity contribution in [3.8, 4) is 0 Å². The smallest absolute Gasteiger partial charge is 0.319 e. The Morgan fingerprint density at radius 3 is 2.58 bits per heavy atom. The Morgan fingerprint density at radius 1 is 1.26 bits per heavy atom. The molecule has 2 fully saturated rings. The van der Waals surface area contributed by atoms with Crippen LogP contribution in [0.5, 0.6) is 0 Å². The van der Waals surface area contributed by atoms with E-state index in [1.54, 1.807) is 0 Å². The molecule has 0 saturated carbocycles. The lowest BCUT2D eigenvalue weighted by Crippen LogP contribution is -2.57. The van der Waals surface area contributed by atoms with Crippen LogP contribution in [0.15, 0.2) is 18.2 Å². The second-order valence-corrected chi connectivity index (χ2v) is 5.73. The molecule has 2 aliphatic rings. The number of benzene rings is 1. The summed E-state index contributed by atoms with van der Waals surface area (Å²) in [4.78, 5) is 16.2. The van der Waals surface area contributed by atoms with Gasteiger partial charge in [-0.25, -0.2) is 4.79 Å². The first-order valence-electron chi connectivity index (χ1n) is 6.89. The molecule has 4 heteroatoms. The number of nitrogens with one attached hydrogen (secondary N) is 1. The Hall–Kier alpha value is -1.55. The summed E-state index contributed by atoms with van der Waals surface area (Å²) in [6.45, 7) is 6.91. The van der Waals surface area contributed by atoms with E-state index in [2.05, 4.69) is 37.4 Å². The third-order valence-electron chi connectivity index (χ3n) is 4.37. The molecule has 2 aliphatic heterocycles. The molecule has 2 heterocycles. The van der Waals surface area contributed by atoms with Gasteiger partial charge in [-0.2, -0.15) is 0 Å². The number of nitrogens with zero attached hydrogens (tertiary/aromatic N) is 2. The molecule has 1 unspecified atom stereocenters. The van der Waals surface area contributed by atoms with Crippen LogP contribution in [0.4, 0.5) is 4.79 Å². The third kappa shape index (κ3) is 2.00. The van der Waals surface area contributed by atoms with E-state index in [0.717, 1.165) is 19.6 Å². The highest BCUT2D eigenvalue weighted by atomic mass is 16.2. The first kappa shape index (κ1) is 12.5. The number of urea groups is 1. The minimum absolute atomic E-state index is 0.163. The number of aryl methyl sites for hydroxylation is 2.